The van der Waals surface area contributed by atoms with Crippen molar-refractivity contribution in [1.82, 2.24) is 24.7 Å². The summed E-state index contributed by atoms with van der Waals surface area (Å²) in [7, 11) is 0. The summed E-state index contributed by atoms with van der Waals surface area (Å²) in [6.07, 6.45) is 4.69. The molecule has 4 aliphatic rings. The minimum Gasteiger partial charge on any atom is -0.396 e. The lowest BCUT2D eigenvalue weighted by Gasteiger charge is -2.31. The van der Waals surface area contributed by atoms with E-state index in [1.54, 1.807) is 4.90 Å². The molecule has 3 aromatic rings. The molecule has 0 bridgehead atoms. The zero-order chi connectivity index (χ0) is 27.4. The van der Waals surface area contributed by atoms with Crippen LogP contribution in [0, 0.1) is 5.92 Å². The highest BCUT2D eigenvalue weighted by molar-refractivity contribution is 6.05. The van der Waals surface area contributed by atoms with E-state index in [2.05, 4.69) is 33.1 Å². The molecule has 208 valence electrons. The standard InChI is InChI=1S/C30H33N5O5/c36-15-18-5-8-33(9-6-18)13-21-12-25(31-28-23(21)7-10-34(28)22-16-40-17-22)19-1-2-24-20(11-19)14-35(30(24)39)26-3-4-27(37)32-29(26)38/h1-2,7,10-12,18,22,26,36H,3-6,8-9,13-17H2,(H,32,37,38). The van der Waals surface area contributed by atoms with Crippen LogP contribution in [0.25, 0.3) is 22.3 Å². The van der Waals surface area contributed by atoms with E-state index in [0.29, 0.717) is 37.7 Å². The highest BCUT2D eigenvalue weighted by Crippen LogP contribution is 2.34. The topological polar surface area (TPSA) is 117 Å². The van der Waals surface area contributed by atoms with Crippen molar-refractivity contribution in [2.45, 2.75) is 50.9 Å². The molecule has 1 atom stereocenters. The average Bonchev–Trinajstić information content (AvgIpc) is 3.49. The van der Waals surface area contributed by atoms with E-state index < -0.39 is 11.9 Å². The van der Waals surface area contributed by atoms with Crippen molar-refractivity contribution in [3.05, 3.63) is 53.2 Å². The van der Waals surface area contributed by atoms with Crippen LogP contribution in [0.1, 0.15) is 53.2 Å². The van der Waals surface area contributed by atoms with Gasteiger partial charge in [0.25, 0.3) is 5.91 Å². The average molecular weight is 544 g/mol. The first-order valence-electron chi connectivity index (χ1n) is 14.2. The van der Waals surface area contributed by atoms with Crippen LogP contribution >= 0.6 is 0 Å². The fourth-order valence-corrected chi connectivity index (χ4v) is 6.46. The van der Waals surface area contributed by atoms with Gasteiger partial charge in [0.2, 0.25) is 11.8 Å². The second kappa shape index (κ2) is 10.1. The molecule has 0 aliphatic carbocycles. The van der Waals surface area contributed by atoms with Crippen molar-refractivity contribution in [3.63, 3.8) is 0 Å². The number of piperidine rings is 2. The summed E-state index contributed by atoms with van der Waals surface area (Å²) in [4.78, 5) is 46.4. The van der Waals surface area contributed by atoms with Gasteiger partial charge in [0.15, 0.2) is 0 Å². The number of carbonyl (C=O) groups is 3. The van der Waals surface area contributed by atoms with Gasteiger partial charge in [0.1, 0.15) is 11.7 Å². The predicted octanol–water partition coefficient (Wildman–Crippen LogP) is 2.24. The third-order valence-corrected chi connectivity index (χ3v) is 8.96. The normalized spacial score (nSPS) is 22.6. The number of nitrogens with one attached hydrogen (secondary N) is 1. The van der Waals surface area contributed by atoms with Crippen molar-refractivity contribution in [1.29, 1.82) is 0 Å². The van der Waals surface area contributed by atoms with Crippen molar-refractivity contribution in [2.24, 2.45) is 5.92 Å². The Balaban J connectivity index is 1.21. The molecule has 3 saturated heterocycles. The number of carbonyl (C=O) groups excluding carboxylic acids is 3. The lowest BCUT2D eigenvalue weighted by Crippen LogP contribution is -2.52. The van der Waals surface area contributed by atoms with Gasteiger partial charge in [-0.2, -0.15) is 0 Å². The maximum atomic E-state index is 13.2. The number of amides is 3. The van der Waals surface area contributed by atoms with Crippen LogP contribution in [0.15, 0.2) is 36.5 Å². The Kier molecular flexibility index (Phi) is 6.41. The first-order valence-corrected chi connectivity index (χ1v) is 14.2. The van der Waals surface area contributed by atoms with Crippen LogP contribution in [-0.4, -0.2) is 81.1 Å². The van der Waals surface area contributed by atoms with Crippen LogP contribution in [-0.2, 0) is 27.4 Å². The van der Waals surface area contributed by atoms with E-state index in [-0.39, 0.29) is 30.9 Å². The monoisotopic (exact) mass is 543 g/mol. The van der Waals surface area contributed by atoms with Crippen LogP contribution < -0.4 is 5.32 Å². The Morgan fingerprint density at radius 3 is 2.60 bits per heavy atom. The number of likely N-dealkylation sites (tertiary alicyclic amines) is 1. The Morgan fingerprint density at radius 1 is 1.05 bits per heavy atom. The smallest absolute Gasteiger partial charge is 0.255 e. The predicted molar refractivity (Wildman–Crippen MR) is 146 cm³/mol. The summed E-state index contributed by atoms with van der Waals surface area (Å²) in [5, 5.41) is 13.1. The maximum Gasteiger partial charge on any atom is 0.255 e. The Labute approximate surface area is 231 Å². The number of pyridine rings is 1. The highest BCUT2D eigenvalue weighted by Gasteiger charge is 2.39. The molecule has 1 unspecified atom stereocenters. The molecular weight excluding hydrogens is 510 g/mol. The lowest BCUT2D eigenvalue weighted by molar-refractivity contribution is -0.136. The van der Waals surface area contributed by atoms with Crippen LogP contribution in [0.5, 0.6) is 0 Å². The zero-order valence-corrected chi connectivity index (χ0v) is 22.3. The van der Waals surface area contributed by atoms with Gasteiger partial charge in [-0.15, -0.1) is 0 Å². The minimum atomic E-state index is -0.634. The number of nitrogens with zero attached hydrogens (tertiary/aromatic N) is 4. The molecule has 3 amide bonds. The maximum absolute atomic E-state index is 13.2. The molecule has 2 aromatic heterocycles. The molecule has 4 aliphatic heterocycles. The number of rotatable bonds is 6. The number of benzene rings is 1. The van der Waals surface area contributed by atoms with Crippen LogP contribution in [0.4, 0.5) is 0 Å². The molecule has 0 saturated carbocycles. The molecule has 6 heterocycles. The van der Waals surface area contributed by atoms with E-state index in [0.717, 1.165) is 60.3 Å². The van der Waals surface area contributed by atoms with Gasteiger partial charge in [0, 0.05) is 48.8 Å². The number of fused-ring (bicyclic) bond motifs is 2. The second-order valence-corrected chi connectivity index (χ2v) is 11.5. The summed E-state index contributed by atoms with van der Waals surface area (Å²) < 4.78 is 7.68. The summed E-state index contributed by atoms with van der Waals surface area (Å²) in [6, 6.07) is 9.75. The van der Waals surface area contributed by atoms with Crippen molar-refractivity contribution in [2.75, 3.05) is 32.9 Å². The van der Waals surface area contributed by atoms with Crippen molar-refractivity contribution in [3.8, 4) is 11.3 Å². The van der Waals surface area contributed by atoms with E-state index >= 15 is 0 Å². The summed E-state index contributed by atoms with van der Waals surface area (Å²) in [5.74, 6) is -0.484. The molecule has 40 heavy (non-hydrogen) atoms. The number of aliphatic hydroxyl groups is 1. The fourth-order valence-electron chi connectivity index (χ4n) is 6.46. The molecule has 2 N–H and O–H groups in total. The van der Waals surface area contributed by atoms with Gasteiger partial charge in [-0.3, -0.25) is 24.6 Å². The molecule has 10 heteroatoms. The van der Waals surface area contributed by atoms with E-state index in [1.165, 1.54) is 5.56 Å². The Bertz CT molecular complexity index is 1500. The van der Waals surface area contributed by atoms with Crippen molar-refractivity contribution < 1.29 is 24.2 Å². The fraction of sp³-hybridized carbons (Fsp3) is 0.467. The third-order valence-electron chi connectivity index (χ3n) is 8.96. The SMILES string of the molecule is O=C1CCC(N2Cc3cc(-c4cc(CN5CCC(CO)CC5)c5ccn(C6COC6)c5n4)ccc3C2=O)C(=O)N1. The first-order chi connectivity index (χ1) is 19.5. The van der Waals surface area contributed by atoms with Gasteiger partial charge < -0.3 is 19.3 Å². The van der Waals surface area contributed by atoms with E-state index in [4.69, 9.17) is 9.72 Å². The highest BCUT2D eigenvalue weighted by atomic mass is 16.5. The Hall–Kier alpha value is -3.60. The summed E-state index contributed by atoms with van der Waals surface area (Å²) >= 11 is 0. The summed E-state index contributed by atoms with van der Waals surface area (Å²) in [6.45, 7) is 4.66. The quantitative estimate of drug-likeness (QED) is 0.458. The number of imide groups is 1. The van der Waals surface area contributed by atoms with E-state index in [1.807, 2.05) is 18.2 Å². The van der Waals surface area contributed by atoms with Crippen molar-refractivity contribution >= 4 is 28.8 Å². The lowest BCUT2D eigenvalue weighted by atomic mass is 9.97. The molecule has 3 fully saturated rings. The number of hydrogen-bond donors (Lipinski definition) is 2. The third kappa shape index (κ3) is 4.40. The molecule has 0 radical (unpaired) electrons. The number of aliphatic hydroxyl groups excluding tert-OH is 1. The minimum absolute atomic E-state index is 0.176. The molecular formula is C30H33N5O5. The second-order valence-electron chi connectivity index (χ2n) is 11.5. The van der Waals surface area contributed by atoms with Gasteiger partial charge in [0.05, 0.1) is 24.9 Å². The molecule has 10 nitrogen and oxygen atoms in total. The van der Waals surface area contributed by atoms with Gasteiger partial charge in [-0.05, 0) is 73.7 Å². The number of hydrogen-bond acceptors (Lipinski definition) is 7. The molecule has 1 aromatic carbocycles. The van der Waals surface area contributed by atoms with E-state index in [9.17, 15) is 19.5 Å². The number of aromatic nitrogens is 2. The largest absolute Gasteiger partial charge is 0.396 e. The molecule has 7 rings (SSSR count). The first kappa shape index (κ1) is 25.4. The molecule has 0 spiro atoms. The number of ether oxygens (including phenoxy) is 1. The van der Waals surface area contributed by atoms with Crippen LogP contribution in [0.2, 0.25) is 0 Å². The summed E-state index contributed by atoms with van der Waals surface area (Å²) in [5.41, 5.74) is 5.39. The van der Waals surface area contributed by atoms with Gasteiger partial charge in [-0.25, -0.2) is 4.98 Å². The van der Waals surface area contributed by atoms with Crippen LogP contribution in [0.3, 0.4) is 0 Å². The zero-order valence-electron chi connectivity index (χ0n) is 22.3. The Morgan fingerprint density at radius 2 is 1.88 bits per heavy atom. The van der Waals surface area contributed by atoms with Gasteiger partial charge in [-0.1, -0.05) is 6.07 Å². The van der Waals surface area contributed by atoms with Gasteiger partial charge >= 0.3 is 0 Å².